The number of hydrogen-bond donors (Lipinski definition) is 1. The molecule has 1 saturated heterocycles. The Labute approximate surface area is 128 Å². The van der Waals surface area contributed by atoms with Gasteiger partial charge >= 0.3 is 0 Å². The van der Waals surface area contributed by atoms with Crippen molar-refractivity contribution in [2.75, 3.05) is 33.3 Å². The molecule has 0 spiro atoms. The minimum atomic E-state index is -0.120. The molecule has 0 unspecified atom stereocenters. The lowest BCUT2D eigenvalue weighted by Gasteiger charge is -2.19. The fraction of sp³-hybridized carbons (Fsp3) is 0.467. The molecule has 21 heavy (non-hydrogen) atoms. The van der Waals surface area contributed by atoms with Crippen LogP contribution in [0.15, 0.2) is 11.4 Å². The first-order valence-corrected chi connectivity index (χ1v) is 7.71. The highest BCUT2D eigenvalue weighted by atomic mass is 32.1. The number of carbonyl (C=O) groups excluding carboxylic acids is 2. The van der Waals surface area contributed by atoms with Crippen LogP contribution in [0.4, 0.5) is 0 Å². The molecule has 5 nitrogen and oxygen atoms in total. The topological polar surface area (TPSA) is 60.9 Å². The summed E-state index contributed by atoms with van der Waals surface area (Å²) in [6.07, 6.45) is 1.22. The minimum Gasteiger partial charge on any atom is -0.395 e. The van der Waals surface area contributed by atoms with Gasteiger partial charge in [-0.1, -0.05) is 11.8 Å². The fourth-order valence-corrected chi connectivity index (χ4v) is 2.81. The third kappa shape index (κ3) is 4.06. The Morgan fingerprint density at radius 3 is 3.05 bits per heavy atom. The van der Waals surface area contributed by atoms with E-state index in [1.54, 1.807) is 28.3 Å². The molecule has 1 aromatic heterocycles. The van der Waals surface area contributed by atoms with Gasteiger partial charge in [-0.3, -0.25) is 9.59 Å². The van der Waals surface area contributed by atoms with Crippen LogP contribution in [0.2, 0.25) is 0 Å². The maximum atomic E-state index is 12.4. The van der Waals surface area contributed by atoms with E-state index < -0.39 is 0 Å². The summed E-state index contributed by atoms with van der Waals surface area (Å²) in [5.41, 5.74) is 0.575. The van der Waals surface area contributed by atoms with Gasteiger partial charge in [0.05, 0.1) is 17.0 Å². The Morgan fingerprint density at radius 2 is 2.29 bits per heavy atom. The van der Waals surface area contributed by atoms with Gasteiger partial charge in [0.2, 0.25) is 5.91 Å². The second kappa shape index (κ2) is 7.25. The number of likely N-dealkylation sites (N-methyl/N-ethyl adjacent to an activating group) is 1. The van der Waals surface area contributed by atoms with Crippen molar-refractivity contribution in [3.05, 3.63) is 21.9 Å². The van der Waals surface area contributed by atoms with E-state index in [4.69, 9.17) is 5.11 Å². The number of hydrogen-bond acceptors (Lipinski definition) is 4. The number of amides is 2. The minimum absolute atomic E-state index is 0.0287. The van der Waals surface area contributed by atoms with Crippen molar-refractivity contribution in [1.82, 2.24) is 9.80 Å². The van der Waals surface area contributed by atoms with Crippen LogP contribution in [0.25, 0.3) is 0 Å². The number of rotatable bonds is 2. The molecular weight excluding hydrogens is 288 g/mol. The van der Waals surface area contributed by atoms with Gasteiger partial charge in [0, 0.05) is 31.9 Å². The monoisotopic (exact) mass is 306 g/mol. The quantitative estimate of drug-likeness (QED) is 0.822. The first-order chi connectivity index (χ1) is 10.1. The molecule has 6 heteroatoms. The van der Waals surface area contributed by atoms with Crippen LogP contribution in [-0.2, 0) is 4.79 Å². The molecule has 0 bridgehead atoms. The maximum absolute atomic E-state index is 12.4. The lowest BCUT2D eigenvalue weighted by molar-refractivity contribution is -0.129. The molecule has 0 aliphatic carbocycles. The van der Waals surface area contributed by atoms with Gasteiger partial charge in [-0.15, -0.1) is 11.3 Å². The normalized spacial score (nSPS) is 15.4. The van der Waals surface area contributed by atoms with Gasteiger partial charge in [-0.2, -0.15) is 0 Å². The van der Waals surface area contributed by atoms with Crippen molar-refractivity contribution in [1.29, 1.82) is 0 Å². The summed E-state index contributed by atoms with van der Waals surface area (Å²) in [7, 11) is 1.76. The Hall–Kier alpha value is -1.84. The predicted molar refractivity (Wildman–Crippen MR) is 81.1 cm³/mol. The van der Waals surface area contributed by atoms with E-state index in [1.165, 1.54) is 11.3 Å². The summed E-state index contributed by atoms with van der Waals surface area (Å²) in [4.78, 5) is 28.3. The van der Waals surface area contributed by atoms with Crippen molar-refractivity contribution in [3.63, 3.8) is 0 Å². The van der Waals surface area contributed by atoms with Crippen LogP contribution >= 0.6 is 11.3 Å². The lowest BCUT2D eigenvalue weighted by Crippen LogP contribution is -2.37. The van der Waals surface area contributed by atoms with Crippen molar-refractivity contribution < 1.29 is 14.7 Å². The summed E-state index contributed by atoms with van der Waals surface area (Å²) in [6, 6.07) is 1.75. The second-order valence-electron chi connectivity index (χ2n) is 4.87. The van der Waals surface area contributed by atoms with E-state index in [9.17, 15) is 9.59 Å². The molecule has 0 radical (unpaired) electrons. The smallest absolute Gasteiger partial charge is 0.255 e. The zero-order valence-electron chi connectivity index (χ0n) is 12.0. The highest BCUT2D eigenvalue weighted by Gasteiger charge is 2.24. The van der Waals surface area contributed by atoms with E-state index in [1.807, 2.05) is 0 Å². The standard InChI is InChI=1S/C15H18N2O3S/c1-16-6-4-7-17(10-14(16)19)15(20)12-9-13(21-11-12)5-2-3-8-18/h9,11,18H,3-4,6-8,10H2,1H3. The molecule has 1 fully saturated rings. The molecular formula is C15H18N2O3S. The van der Waals surface area contributed by atoms with Crippen molar-refractivity contribution in [2.24, 2.45) is 0 Å². The third-order valence-corrected chi connectivity index (χ3v) is 4.10. The molecule has 2 amide bonds. The van der Waals surface area contributed by atoms with E-state index in [0.29, 0.717) is 25.1 Å². The van der Waals surface area contributed by atoms with Gasteiger partial charge in [-0.05, 0) is 12.5 Å². The van der Waals surface area contributed by atoms with Gasteiger partial charge in [-0.25, -0.2) is 0 Å². The van der Waals surface area contributed by atoms with Crippen LogP contribution in [0.1, 0.15) is 28.1 Å². The van der Waals surface area contributed by atoms with E-state index >= 15 is 0 Å². The highest BCUT2D eigenvalue weighted by Crippen LogP contribution is 2.16. The zero-order chi connectivity index (χ0) is 15.2. The average Bonchev–Trinajstić information content (AvgIpc) is 2.87. The van der Waals surface area contributed by atoms with Crippen LogP contribution < -0.4 is 0 Å². The second-order valence-corrected chi connectivity index (χ2v) is 5.78. The van der Waals surface area contributed by atoms with Gasteiger partial charge in [0.15, 0.2) is 0 Å². The number of carbonyl (C=O) groups is 2. The Bertz CT molecular complexity index is 585. The summed E-state index contributed by atoms with van der Waals surface area (Å²) >= 11 is 1.40. The maximum Gasteiger partial charge on any atom is 0.255 e. The Balaban J connectivity index is 2.06. The molecule has 112 valence electrons. The highest BCUT2D eigenvalue weighted by molar-refractivity contribution is 7.10. The summed E-state index contributed by atoms with van der Waals surface area (Å²) < 4.78 is 0. The Kier molecular flexibility index (Phi) is 5.37. The van der Waals surface area contributed by atoms with Crippen molar-refractivity contribution >= 4 is 23.2 Å². The van der Waals surface area contributed by atoms with Crippen molar-refractivity contribution in [3.8, 4) is 11.8 Å². The summed E-state index contributed by atoms with van der Waals surface area (Å²) in [5, 5.41) is 10.5. The molecule has 2 heterocycles. The molecule has 1 aliphatic rings. The molecule has 0 saturated carbocycles. The first-order valence-electron chi connectivity index (χ1n) is 6.83. The molecule has 1 N–H and O–H groups in total. The van der Waals surface area contributed by atoms with Crippen LogP contribution in [0.3, 0.4) is 0 Å². The molecule has 0 aromatic carbocycles. The van der Waals surface area contributed by atoms with Crippen molar-refractivity contribution in [2.45, 2.75) is 12.8 Å². The number of thiophene rings is 1. The van der Waals surface area contributed by atoms with Gasteiger partial charge in [0.25, 0.3) is 5.91 Å². The van der Waals surface area contributed by atoms with E-state index in [0.717, 1.165) is 11.3 Å². The summed E-state index contributed by atoms with van der Waals surface area (Å²) in [5.74, 6) is 5.60. The fourth-order valence-electron chi connectivity index (χ4n) is 2.06. The number of aliphatic hydroxyl groups is 1. The number of aliphatic hydroxyl groups excluding tert-OH is 1. The largest absolute Gasteiger partial charge is 0.395 e. The number of nitrogens with zero attached hydrogens (tertiary/aromatic N) is 2. The molecule has 2 rings (SSSR count). The van der Waals surface area contributed by atoms with Gasteiger partial charge < -0.3 is 14.9 Å². The van der Waals surface area contributed by atoms with E-state index in [-0.39, 0.29) is 25.0 Å². The Morgan fingerprint density at radius 1 is 1.48 bits per heavy atom. The molecule has 1 aliphatic heterocycles. The average molecular weight is 306 g/mol. The lowest BCUT2D eigenvalue weighted by atomic mass is 10.2. The summed E-state index contributed by atoms with van der Waals surface area (Å²) in [6.45, 7) is 1.45. The third-order valence-electron chi connectivity index (χ3n) is 3.26. The predicted octanol–water partition coefficient (Wildman–Crippen LogP) is 0.786. The van der Waals surface area contributed by atoms with E-state index in [2.05, 4.69) is 11.8 Å². The van der Waals surface area contributed by atoms with Crippen LogP contribution in [0.5, 0.6) is 0 Å². The van der Waals surface area contributed by atoms with Crippen LogP contribution in [0, 0.1) is 11.8 Å². The van der Waals surface area contributed by atoms with Crippen LogP contribution in [-0.4, -0.2) is 60.0 Å². The molecule has 1 aromatic rings. The SMILES string of the molecule is CN1CCCN(C(=O)c2csc(C#CCCO)c2)CC1=O. The van der Waals surface area contributed by atoms with Gasteiger partial charge in [0.1, 0.15) is 6.54 Å². The first kappa shape index (κ1) is 15.5. The molecule has 0 atom stereocenters. The zero-order valence-corrected chi connectivity index (χ0v) is 12.8.